The maximum Gasteiger partial charge on any atom is 0.387 e. The molecule has 0 heterocycles. The Kier molecular flexibility index (Phi) is 6.08. The number of carbonyl (C=O) groups is 2. The molecule has 2 rings (SSSR count). The van der Waals surface area contributed by atoms with E-state index in [9.17, 15) is 18.4 Å². The average molecular weight is 356 g/mol. The van der Waals surface area contributed by atoms with Crippen LogP contribution in [0.2, 0.25) is 5.02 Å². The first-order valence-corrected chi connectivity index (χ1v) is 7.09. The molecule has 126 valence electrons. The fraction of sp³-hybridized carbons (Fsp3) is 0.125. The Hall–Kier alpha value is -2.67. The number of esters is 1. The molecule has 5 nitrogen and oxygen atoms in total. The van der Waals surface area contributed by atoms with Crippen molar-refractivity contribution in [2.75, 3.05) is 11.9 Å². The molecule has 0 aliphatic carbocycles. The molecule has 0 bridgehead atoms. The Labute approximate surface area is 141 Å². The summed E-state index contributed by atoms with van der Waals surface area (Å²) in [5, 5.41) is 3.06. The van der Waals surface area contributed by atoms with Gasteiger partial charge >= 0.3 is 12.6 Å². The smallest absolute Gasteiger partial charge is 0.387 e. The molecular formula is C16H12ClF2NO4. The molecule has 0 saturated heterocycles. The number of rotatable bonds is 6. The number of hydrogen-bond acceptors (Lipinski definition) is 4. The van der Waals surface area contributed by atoms with Crippen LogP contribution in [0.4, 0.5) is 14.5 Å². The number of carbonyl (C=O) groups excluding carboxylic acids is 2. The first kappa shape index (κ1) is 17.7. The molecule has 0 fully saturated rings. The van der Waals surface area contributed by atoms with Gasteiger partial charge in [0, 0.05) is 10.7 Å². The third-order valence-electron chi connectivity index (χ3n) is 2.78. The highest BCUT2D eigenvalue weighted by Gasteiger charge is 2.11. The molecule has 0 saturated carbocycles. The molecule has 1 N–H and O–H groups in total. The summed E-state index contributed by atoms with van der Waals surface area (Å²) in [5.74, 6) is -1.37. The maximum atomic E-state index is 12.0. The number of hydrogen-bond donors (Lipinski definition) is 1. The van der Waals surface area contributed by atoms with E-state index in [1.165, 1.54) is 24.3 Å². The molecular weight excluding hydrogens is 344 g/mol. The van der Waals surface area contributed by atoms with E-state index in [2.05, 4.69) is 10.1 Å². The van der Waals surface area contributed by atoms with Crippen LogP contribution < -0.4 is 10.1 Å². The van der Waals surface area contributed by atoms with Crippen LogP contribution in [-0.4, -0.2) is 25.1 Å². The molecule has 0 atom stereocenters. The predicted molar refractivity (Wildman–Crippen MR) is 83.4 cm³/mol. The van der Waals surface area contributed by atoms with Gasteiger partial charge in [-0.1, -0.05) is 11.6 Å². The van der Waals surface area contributed by atoms with Crippen LogP contribution in [0.5, 0.6) is 5.75 Å². The van der Waals surface area contributed by atoms with Gasteiger partial charge in [0.25, 0.3) is 5.91 Å². The minimum Gasteiger partial charge on any atom is -0.452 e. The number of halogens is 3. The van der Waals surface area contributed by atoms with Crippen molar-refractivity contribution in [3.63, 3.8) is 0 Å². The van der Waals surface area contributed by atoms with Crippen molar-refractivity contribution in [1.29, 1.82) is 0 Å². The zero-order valence-corrected chi connectivity index (χ0v) is 12.9. The summed E-state index contributed by atoms with van der Waals surface area (Å²) in [6.45, 7) is -3.43. The van der Waals surface area contributed by atoms with Gasteiger partial charge in [0.05, 0.1) is 5.56 Å². The van der Waals surface area contributed by atoms with E-state index in [4.69, 9.17) is 16.3 Å². The van der Waals surface area contributed by atoms with Crippen LogP contribution in [0.25, 0.3) is 0 Å². The molecule has 0 aromatic heterocycles. The molecule has 2 aromatic rings. The van der Waals surface area contributed by atoms with E-state index >= 15 is 0 Å². The number of amides is 1. The van der Waals surface area contributed by atoms with E-state index in [0.29, 0.717) is 10.7 Å². The summed E-state index contributed by atoms with van der Waals surface area (Å²) >= 11 is 5.73. The van der Waals surface area contributed by atoms with Crippen molar-refractivity contribution < 1.29 is 27.8 Å². The van der Waals surface area contributed by atoms with Gasteiger partial charge in [-0.3, -0.25) is 4.79 Å². The summed E-state index contributed by atoms with van der Waals surface area (Å²) in [6, 6.07) is 11.3. The number of benzene rings is 2. The second-order valence-corrected chi connectivity index (χ2v) is 4.97. The molecule has 2 aromatic carbocycles. The van der Waals surface area contributed by atoms with Crippen molar-refractivity contribution >= 4 is 29.2 Å². The first-order valence-electron chi connectivity index (χ1n) is 6.71. The number of anilines is 1. The van der Waals surface area contributed by atoms with Gasteiger partial charge < -0.3 is 14.8 Å². The van der Waals surface area contributed by atoms with Crippen LogP contribution in [0.15, 0.2) is 48.5 Å². The van der Waals surface area contributed by atoms with Crippen LogP contribution in [0, 0.1) is 0 Å². The highest BCUT2D eigenvalue weighted by atomic mass is 35.5. The van der Waals surface area contributed by atoms with Gasteiger partial charge in [0.1, 0.15) is 5.75 Å². The summed E-state index contributed by atoms with van der Waals surface area (Å²) in [5.41, 5.74) is 0.616. The van der Waals surface area contributed by atoms with E-state index in [0.717, 1.165) is 0 Å². The quantitative estimate of drug-likeness (QED) is 0.802. The molecule has 0 radical (unpaired) electrons. The van der Waals surface area contributed by atoms with Crippen molar-refractivity contribution in [3.8, 4) is 5.75 Å². The zero-order valence-electron chi connectivity index (χ0n) is 12.2. The van der Waals surface area contributed by atoms with E-state index in [-0.39, 0.29) is 11.3 Å². The fourth-order valence-electron chi connectivity index (χ4n) is 1.72. The molecule has 0 aliphatic rings. The van der Waals surface area contributed by atoms with E-state index in [1.54, 1.807) is 24.3 Å². The Morgan fingerprint density at radius 3 is 2.25 bits per heavy atom. The van der Waals surface area contributed by atoms with Crippen molar-refractivity contribution in [2.45, 2.75) is 6.61 Å². The Balaban J connectivity index is 1.83. The lowest BCUT2D eigenvalue weighted by Crippen LogP contribution is -2.20. The summed E-state index contributed by atoms with van der Waals surface area (Å²) in [7, 11) is 0. The number of nitrogens with one attached hydrogen (secondary N) is 1. The lowest BCUT2D eigenvalue weighted by atomic mass is 10.2. The third kappa shape index (κ3) is 5.51. The first-order chi connectivity index (χ1) is 11.4. The Bertz CT molecular complexity index is 705. The SMILES string of the molecule is O=C(COC(=O)c1ccc(OC(F)F)cc1)Nc1ccc(Cl)cc1. The van der Waals surface area contributed by atoms with Gasteiger partial charge in [0.2, 0.25) is 0 Å². The average Bonchev–Trinajstić information content (AvgIpc) is 2.55. The van der Waals surface area contributed by atoms with Crippen molar-refractivity contribution in [1.82, 2.24) is 0 Å². The molecule has 0 unspecified atom stereocenters. The lowest BCUT2D eigenvalue weighted by molar-refractivity contribution is -0.119. The summed E-state index contributed by atoms with van der Waals surface area (Å²) < 4.78 is 33.1. The molecule has 24 heavy (non-hydrogen) atoms. The third-order valence-corrected chi connectivity index (χ3v) is 3.03. The second kappa shape index (κ2) is 8.26. The van der Waals surface area contributed by atoms with Crippen molar-refractivity contribution in [2.24, 2.45) is 0 Å². The number of alkyl halides is 2. The number of ether oxygens (including phenoxy) is 2. The van der Waals surface area contributed by atoms with E-state index < -0.39 is 25.1 Å². The molecule has 8 heteroatoms. The van der Waals surface area contributed by atoms with Crippen LogP contribution in [-0.2, 0) is 9.53 Å². The van der Waals surface area contributed by atoms with Gasteiger partial charge in [-0.05, 0) is 48.5 Å². The Morgan fingerprint density at radius 1 is 1.04 bits per heavy atom. The molecule has 0 spiro atoms. The predicted octanol–water partition coefficient (Wildman–Crippen LogP) is 3.74. The maximum absolute atomic E-state index is 12.0. The minimum absolute atomic E-state index is 0.0815. The Morgan fingerprint density at radius 2 is 1.67 bits per heavy atom. The topological polar surface area (TPSA) is 64.6 Å². The minimum atomic E-state index is -2.95. The van der Waals surface area contributed by atoms with Gasteiger partial charge in [-0.25, -0.2) is 4.79 Å². The van der Waals surface area contributed by atoms with E-state index in [1.807, 2.05) is 0 Å². The van der Waals surface area contributed by atoms with Crippen molar-refractivity contribution in [3.05, 3.63) is 59.1 Å². The summed E-state index contributed by atoms with van der Waals surface area (Å²) in [4.78, 5) is 23.5. The fourth-order valence-corrected chi connectivity index (χ4v) is 1.84. The van der Waals surface area contributed by atoms with Crippen LogP contribution in [0.3, 0.4) is 0 Å². The molecule has 1 amide bonds. The molecule has 0 aliphatic heterocycles. The normalized spacial score (nSPS) is 10.3. The van der Waals surface area contributed by atoms with Crippen LogP contribution in [0.1, 0.15) is 10.4 Å². The standard InChI is InChI=1S/C16H12ClF2NO4/c17-11-3-5-12(6-4-11)20-14(21)9-23-15(22)10-1-7-13(8-2-10)24-16(18)19/h1-8,16H,9H2,(H,20,21). The summed E-state index contributed by atoms with van der Waals surface area (Å²) in [6.07, 6.45) is 0. The second-order valence-electron chi connectivity index (χ2n) is 4.53. The monoisotopic (exact) mass is 355 g/mol. The van der Waals surface area contributed by atoms with Gasteiger partial charge in [-0.15, -0.1) is 0 Å². The van der Waals surface area contributed by atoms with Gasteiger partial charge in [-0.2, -0.15) is 8.78 Å². The highest BCUT2D eigenvalue weighted by molar-refractivity contribution is 6.30. The zero-order chi connectivity index (χ0) is 17.5. The van der Waals surface area contributed by atoms with Crippen LogP contribution >= 0.6 is 11.6 Å². The lowest BCUT2D eigenvalue weighted by Gasteiger charge is -2.08. The largest absolute Gasteiger partial charge is 0.452 e. The highest BCUT2D eigenvalue weighted by Crippen LogP contribution is 2.16. The van der Waals surface area contributed by atoms with Gasteiger partial charge in [0.15, 0.2) is 6.61 Å².